The third-order valence-electron chi connectivity index (χ3n) is 4.60. The molecule has 10 nitrogen and oxygen atoms in total. The van der Waals surface area contributed by atoms with Crippen LogP contribution in [0.2, 0.25) is 0 Å². The smallest absolute Gasteiger partial charge is 0.320 e. The summed E-state index contributed by atoms with van der Waals surface area (Å²) in [6.45, 7) is 7.10. The van der Waals surface area contributed by atoms with Crippen LogP contribution in [0.25, 0.3) is 11.3 Å². The van der Waals surface area contributed by atoms with Crippen LogP contribution >= 0.6 is 0 Å². The van der Waals surface area contributed by atoms with Crippen LogP contribution in [0, 0.1) is 6.92 Å². The van der Waals surface area contributed by atoms with E-state index in [4.69, 9.17) is 9.57 Å². The summed E-state index contributed by atoms with van der Waals surface area (Å²) in [5.74, 6) is 0.702. The van der Waals surface area contributed by atoms with Crippen molar-refractivity contribution in [2.75, 3.05) is 38.7 Å². The average molecular weight is 391 g/mol. The highest BCUT2D eigenvalue weighted by atomic mass is 16.7. The van der Waals surface area contributed by atoms with Gasteiger partial charge in [0.15, 0.2) is 0 Å². The molecule has 2 aromatic rings. The number of ether oxygens (including phenoxy) is 1. The van der Waals surface area contributed by atoms with Crippen molar-refractivity contribution in [3.8, 4) is 11.3 Å². The van der Waals surface area contributed by atoms with Gasteiger partial charge in [-0.25, -0.2) is 9.48 Å². The molecule has 0 aliphatic carbocycles. The van der Waals surface area contributed by atoms with E-state index >= 15 is 0 Å². The fraction of sp³-hybridized carbons (Fsp3) is 0.611. The maximum Gasteiger partial charge on any atom is 0.320 e. The second kappa shape index (κ2) is 9.18. The van der Waals surface area contributed by atoms with E-state index in [1.165, 1.54) is 0 Å². The van der Waals surface area contributed by atoms with Crippen molar-refractivity contribution < 1.29 is 14.4 Å². The van der Waals surface area contributed by atoms with Crippen LogP contribution in [0.5, 0.6) is 0 Å². The van der Waals surface area contributed by atoms with Gasteiger partial charge >= 0.3 is 6.03 Å². The van der Waals surface area contributed by atoms with E-state index in [2.05, 4.69) is 27.8 Å². The highest BCUT2D eigenvalue weighted by molar-refractivity contribution is 5.90. The fourth-order valence-electron chi connectivity index (χ4n) is 3.21. The molecule has 1 aliphatic rings. The van der Waals surface area contributed by atoms with Gasteiger partial charge in [-0.3, -0.25) is 14.8 Å². The summed E-state index contributed by atoms with van der Waals surface area (Å²) in [5.41, 5.74) is 2.67. The molecule has 3 rings (SSSR count). The Morgan fingerprint density at radius 2 is 2.25 bits per heavy atom. The summed E-state index contributed by atoms with van der Waals surface area (Å²) < 4.78 is 8.63. The quantitative estimate of drug-likeness (QED) is 0.706. The van der Waals surface area contributed by atoms with Crippen LogP contribution < -0.4 is 10.6 Å². The van der Waals surface area contributed by atoms with Gasteiger partial charge in [-0.05, 0) is 13.3 Å². The lowest BCUT2D eigenvalue weighted by Gasteiger charge is -2.15. The molecule has 3 heterocycles. The molecule has 1 fully saturated rings. The number of hydrogen-bond acceptors (Lipinski definition) is 6. The van der Waals surface area contributed by atoms with Crippen LogP contribution in [-0.4, -0.2) is 70.1 Å². The first-order chi connectivity index (χ1) is 13.5. The lowest BCUT2D eigenvalue weighted by atomic mass is 10.1. The third kappa shape index (κ3) is 4.70. The van der Waals surface area contributed by atoms with Gasteiger partial charge in [-0.1, -0.05) is 6.92 Å². The summed E-state index contributed by atoms with van der Waals surface area (Å²) in [7, 11) is 3.52. The Labute approximate surface area is 164 Å². The molecule has 10 heteroatoms. The first-order valence-electron chi connectivity index (χ1n) is 9.52. The number of aryl methyl sites for hydroxylation is 2. The third-order valence-corrected chi connectivity index (χ3v) is 4.60. The van der Waals surface area contributed by atoms with E-state index in [1.54, 1.807) is 18.0 Å². The second-order valence-corrected chi connectivity index (χ2v) is 6.92. The van der Waals surface area contributed by atoms with Crippen LogP contribution in [0.1, 0.15) is 18.9 Å². The number of methoxy groups -OCH3 is 1. The molecule has 1 aliphatic heterocycles. The van der Waals surface area contributed by atoms with Crippen molar-refractivity contribution >= 4 is 11.8 Å². The normalized spacial score (nSPS) is 17.2. The largest absolute Gasteiger partial charge is 0.383 e. The predicted molar refractivity (Wildman–Crippen MR) is 105 cm³/mol. The van der Waals surface area contributed by atoms with E-state index in [0.717, 1.165) is 23.2 Å². The van der Waals surface area contributed by atoms with Gasteiger partial charge in [0.05, 0.1) is 25.5 Å². The van der Waals surface area contributed by atoms with Gasteiger partial charge in [0.2, 0.25) is 0 Å². The minimum Gasteiger partial charge on any atom is -0.383 e. The molecule has 2 amide bonds. The number of rotatable bonds is 8. The van der Waals surface area contributed by atoms with Crippen molar-refractivity contribution in [3.05, 3.63) is 18.0 Å². The van der Waals surface area contributed by atoms with Gasteiger partial charge < -0.3 is 10.1 Å². The summed E-state index contributed by atoms with van der Waals surface area (Å²) in [5, 5.41) is 16.7. The SMILES string of the molecule is CCCn1nc(-c2cnn(C)c2)c(C)c1NC(=O)N[C@H]1CON(CCOC)C1. The molecular weight excluding hydrogens is 362 g/mol. The number of nitrogens with one attached hydrogen (secondary N) is 2. The zero-order valence-corrected chi connectivity index (χ0v) is 16.9. The number of nitrogens with zero attached hydrogens (tertiary/aromatic N) is 5. The van der Waals surface area contributed by atoms with Crippen molar-refractivity contribution in [1.29, 1.82) is 0 Å². The van der Waals surface area contributed by atoms with Gasteiger partial charge in [0.25, 0.3) is 0 Å². The fourth-order valence-corrected chi connectivity index (χ4v) is 3.21. The minimum atomic E-state index is -0.264. The molecule has 1 saturated heterocycles. The number of hydroxylamine groups is 2. The lowest BCUT2D eigenvalue weighted by Crippen LogP contribution is -2.41. The van der Waals surface area contributed by atoms with E-state index in [-0.39, 0.29) is 12.1 Å². The molecule has 2 aromatic heterocycles. The number of hydrogen-bond donors (Lipinski definition) is 2. The van der Waals surface area contributed by atoms with Crippen LogP contribution in [0.3, 0.4) is 0 Å². The van der Waals surface area contributed by atoms with E-state index < -0.39 is 0 Å². The maximum absolute atomic E-state index is 12.6. The minimum absolute atomic E-state index is 0.0718. The Balaban J connectivity index is 1.67. The van der Waals surface area contributed by atoms with Gasteiger partial charge in [0, 0.05) is 51.1 Å². The van der Waals surface area contributed by atoms with Gasteiger partial charge in [0.1, 0.15) is 11.5 Å². The molecule has 0 unspecified atom stereocenters. The molecule has 1 atom stereocenters. The molecule has 154 valence electrons. The van der Waals surface area contributed by atoms with Crippen LogP contribution in [0.4, 0.5) is 10.6 Å². The summed E-state index contributed by atoms with van der Waals surface area (Å²) in [6, 6.07) is -0.335. The van der Waals surface area contributed by atoms with E-state index in [1.807, 2.05) is 29.9 Å². The second-order valence-electron chi connectivity index (χ2n) is 6.92. The first kappa shape index (κ1) is 20.3. The molecule has 28 heavy (non-hydrogen) atoms. The van der Waals surface area contributed by atoms with E-state index in [9.17, 15) is 4.79 Å². The Bertz CT molecular complexity index is 801. The Morgan fingerprint density at radius 1 is 1.43 bits per heavy atom. The maximum atomic E-state index is 12.6. The lowest BCUT2D eigenvalue weighted by molar-refractivity contribution is -0.118. The molecule has 0 aromatic carbocycles. The molecule has 2 N–H and O–H groups in total. The standard InChI is InChI=1S/C18H29N7O3/c1-5-6-25-17(13(2)16(22-25)14-9-19-23(3)10-14)21-18(26)20-15-11-24(28-12-15)7-8-27-4/h9-10,15H,5-8,11-12H2,1-4H3,(H2,20,21,26)/t15-/m1/s1. The zero-order valence-electron chi connectivity index (χ0n) is 16.9. The van der Waals surface area contributed by atoms with Crippen molar-refractivity contribution in [2.24, 2.45) is 7.05 Å². The molecule has 0 radical (unpaired) electrons. The molecular formula is C18H29N7O3. The monoisotopic (exact) mass is 391 g/mol. The number of anilines is 1. The van der Waals surface area contributed by atoms with E-state index in [0.29, 0.717) is 38.7 Å². The predicted octanol–water partition coefficient (Wildman–Crippen LogP) is 1.39. The summed E-state index contributed by atoms with van der Waals surface area (Å²) in [6.07, 6.45) is 4.61. The molecule has 0 saturated carbocycles. The van der Waals surface area contributed by atoms with Crippen molar-refractivity contribution in [2.45, 2.75) is 32.9 Å². The Morgan fingerprint density at radius 3 is 2.93 bits per heavy atom. The van der Waals surface area contributed by atoms with Gasteiger partial charge in [-0.15, -0.1) is 0 Å². The average Bonchev–Trinajstić information content (AvgIpc) is 3.36. The molecule has 0 bridgehead atoms. The molecule has 0 spiro atoms. The highest BCUT2D eigenvalue weighted by Gasteiger charge is 2.26. The van der Waals surface area contributed by atoms with Crippen molar-refractivity contribution in [3.63, 3.8) is 0 Å². The Hall–Kier alpha value is -2.43. The first-order valence-corrected chi connectivity index (χ1v) is 9.52. The number of amides is 2. The zero-order chi connectivity index (χ0) is 20.1. The summed E-state index contributed by atoms with van der Waals surface area (Å²) in [4.78, 5) is 18.1. The Kier molecular flexibility index (Phi) is 6.65. The number of aromatic nitrogens is 4. The number of urea groups is 1. The van der Waals surface area contributed by atoms with Crippen LogP contribution in [0.15, 0.2) is 12.4 Å². The van der Waals surface area contributed by atoms with Crippen LogP contribution in [-0.2, 0) is 23.2 Å². The van der Waals surface area contributed by atoms with Crippen molar-refractivity contribution in [1.82, 2.24) is 29.9 Å². The topological polar surface area (TPSA) is 98.5 Å². The number of carbonyl (C=O) groups is 1. The highest BCUT2D eigenvalue weighted by Crippen LogP contribution is 2.28. The summed E-state index contributed by atoms with van der Waals surface area (Å²) >= 11 is 0. The van der Waals surface area contributed by atoms with Gasteiger partial charge in [-0.2, -0.15) is 15.3 Å². The number of carbonyl (C=O) groups excluding carboxylic acids is 1.